The predicted molar refractivity (Wildman–Crippen MR) is 132 cm³/mol. The van der Waals surface area contributed by atoms with Crippen LogP contribution in [-0.2, 0) is 14.8 Å². The van der Waals surface area contributed by atoms with E-state index in [0.29, 0.717) is 17.1 Å². The maximum absolute atomic E-state index is 12.8. The quantitative estimate of drug-likeness (QED) is 0.450. The minimum Gasteiger partial charge on any atom is -0.481 e. The van der Waals surface area contributed by atoms with E-state index in [1.54, 1.807) is 25.1 Å². The number of hydrogen-bond acceptors (Lipinski definition) is 4. The molecule has 6 nitrogen and oxygen atoms in total. The molecule has 0 aliphatic heterocycles. The van der Waals surface area contributed by atoms with E-state index in [4.69, 9.17) is 4.74 Å². The summed E-state index contributed by atoms with van der Waals surface area (Å²) >= 11 is 0. The van der Waals surface area contributed by atoms with E-state index in [1.807, 2.05) is 50.2 Å². The van der Waals surface area contributed by atoms with Gasteiger partial charge in [0.15, 0.2) is 6.10 Å². The van der Waals surface area contributed by atoms with Crippen molar-refractivity contribution in [3.63, 3.8) is 0 Å². The largest absolute Gasteiger partial charge is 0.481 e. The number of hydrogen-bond donors (Lipinski definition) is 2. The number of para-hydroxylation sites is 1. The van der Waals surface area contributed by atoms with Gasteiger partial charge >= 0.3 is 0 Å². The fraction of sp³-hybridized carbons (Fsp3) is 0.269. The summed E-state index contributed by atoms with van der Waals surface area (Å²) in [5.74, 6) is 0.620. The summed E-state index contributed by atoms with van der Waals surface area (Å²) in [5, 5.41) is 2.78. The summed E-state index contributed by atoms with van der Waals surface area (Å²) in [6.07, 6.45) is -0.723. The van der Waals surface area contributed by atoms with E-state index in [9.17, 15) is 13.2 Å². The van der Waals surface area contributed by atoms with Crippen molar-refractivity contribution in [2.24, 2.45) is 0 Å². The smallest absolute Gasteiger partial charge is 0.265 e. The van der Waals surface area contributed by atoms with Gasteiger partial charge < -0.3 is 10.1 Å². The molecule has 0 aliphatic rings. The average molecular weight is 467 g/mol. The van der Waals surface area contributed by atoms with Crippen molar-refractivity contribution in [3.05, 3.63) is 83.4 Å². The van der Waals surface area contributed by atoms with Gasteiger partial charge in [-0.2, -0.15) is 0 Å². The Hall–Kier alpha value is -3.32. The number of ether oxygens (including phenoxy) is 1. The summed E-state index contributed by atoms with van der Waals surface area (Å²) in [4.78, 5) is 12.7. The minimum absolute atomic E-state index is 0.108. The zero-order valence-electron chi connectivity index (χ0n) is 19.5. The van der Waals surface area contributed by atoms with Crippen molar-refractivity contribution in [3.8, 4) is 5.75 Å². The highest BCUT2D eigenvalue weighted by Gasteiger charge is 2.19. The molecule has 0 aliphatic carbocycles. The van der Waals surface area contributed by atoms with Gasteiger partial charge in [0.1, 0.15) is 5.75 Å². The summed E-state index contributed by atoms with van der Waals surface area (Å²) in [5.41, 5.74) is 3.85. The van der Waals surface area contributed by atoms with Crippen LogP contribution in [0.15, 0.2) is 71.6 Å². The summed E-state index contributed by atoms with van der Waals surface area (Å²) in [7, 11) is -3.76. The van der Waals surface area contributed by atoms with Crippen molar-refractivity contribution in [1.82, 2.24) is 0 Å². The molecule has 0 radical (unpaired) electrons. The highest BCUT2D eigenvalue weighted by molar-refractivity contribution is 7.92. The first-order valence-electron chi connectivity index (χ1n) is 10.8. The number of carbonyl (C=O) groups is 1. The highest BCUT2D eigenvalue weighted by Crippen LogP contribution is 2.27. The van der Waals surface area contributed by atoms with E-state index < -0.39 is 16.1 Å². The number of benzene rings is 3. The van der Waals surface area contributed by atoms with E-state index in [1.165, 1.54) is 12.1 Å². The van der Waals surface area contributed by atoms with Crippen molar-refractivity contribution in [2.75, 3.05) is 10.0 Å². The molecule has 174 valence electrons. The van der Waals surface area contributed by atoms with Crippen molar-refractivity contribution < 1.29 is 17.9 Å². The van der Waals surface area contributed by atoms with Crippen molar-refractivity contribution >= 4 is 27.3 Å². The zero-order valence-corrected chi connectivity index (χ0v) is 20.4. The Balaban J connectivity index is 1.67. The molecule has 3 rings (SSSR count). The van der Waals surface area contributed by atoms with Crippen molar-refractivity contribution in [1.29, 1.82) is 0 Å². The molecular weight excluding hydrogens is 436 g/mol. The molecule has 0 aromatic heterocycles. The molecule has 0 bridgehead atoms. The van der Waals surface area contributed by atoms with Crippen LogP contribution in [0.2, 0.25) is 0 Å². The molecule has 0 saturated heterocycles. The van der Waals surface area contributed by atoms with Crippen LogP contribution in [-0.4, -0.2) is 20.4 Å². The predicted octanol–water partition coefficient (Wildman–Crippen LogP) is 5.63. The Bertz CT molecular complexity index is 1240. The molecule has 0 fully saturated rings. The molecule has 1 atom stereocenters. The van der Waals surface area contributed by atoms with E-state index in [2.05, 4.69) is 23.9 Å². The molecule has 0 saturated carbocycles. The Kier molecular flexibility index (Phi) is 7.43. The highest BCUT2D eigenvalue weighted by atomic mass is 32.2. The second kappa shape index (κ2) is 10.1. The zero-order chi connectivity index (χ0) is 24.2. The SMILES string of the molecule is Cc1ccc(C)c(NS(=O)(=O)c2ccc(NC(=O)[C@@H](C)Oc3ccccc3C(C)C)cc2)c1. The molecule has 7 heteroatoms. The van der Waals surface area contributed by atoms with Gasteiger partial charge in [0.25, 0.3) is 15.9 Å². The van der Waals surface area contributed by atoms with Gasteiger partial charge in [-0.1, -0.05) is 44.2 Å². The van der Waals surface area contributed by atoms with Gasteiger partial charge in [-0.3, -0.25) is 9.52 Å². The third-order valence-corrected chi connectivity index (χ3v) is 6.66. The van der Waals surface area contributed by atoms with E-state index >= 15 is 0 Å². The first kappa shape index (κ1) is 24.3. The van der Waals surface area contributed by atoms with Crippen LogP contribution in [0.4, 0.5) is 11.4 Å². The van der Waals surface area contributed by atoms with Crippen LogP contribution < -0.4 is 14.8 Å². The third kappa shape index (κ3) is 6.14. The topological polar surface area (TPSA) is 84.5 Å². The van der Waals surface area contributed by atoms with Gasteiger partial charge in [-0.25, -0.2) is 8.42 Å². The number of rotatable bonds is 8. The molecule has 3 aromatic rings. The molecule has 0 heterocycles. The first-order valence-corrected chi connectivity index (χ1v) is 12.3. The number of carbonyl (C=O) groups excluding carboxylic acids is 1. The third-order valence-electron chi connectivity index (χ3n) is 5.28. The lowest BCUT2D eigenvalue weighted by Gasteiger charge is -2.19. The second-order valence-electron chi connectivity index (χ2n) is 8.39. The van der Waals surface area contributed by atoms with Crippen LogP contribution in [0, 0.1) is 13.8 Å². The second-order valence-corrected chi connectivity index (χ2v) is 10.1. The molecule has 0 spiro atoms. The van der Waals surface area contributed by atoms with Crippen LogP contribution in [0.3, 0.4) is 0 Å². The normalized spacial score (nSPS) is 12.3. The average Bonchev–Trinajstić information content (AvgIpc) is 2.76. The van der Waals surface area contributed by atoms with Crippen LogP contribution >= 0.6 is 0 Å². The molecule has 33 heavy (non-hydrogen) atoms. The Labute approximate surface area is 196 Å². The van der Waals surface area contributed by atoms with Gasteiger partial charge in [-0.05, 0) is 79.8 Å². The summed E-state index contributed by atoms with van der Waals surface area (Å²) < 4.78 is 34.1. The van der Waals surface area contributed by atoms with Gasteiger partial charge in [0, 0.05) is 5.69 Å². The molecule has 0 unspecified atom stereocenters. The molecule has 1 amide bonds. The Morgan fingerprint density at radius 3 is 2.24 bits per heavy atom. The lowest BCUT2D eigenvalue weighted by atomic mass is 10.0. The van der Waals surface area contributed by atoms with Crippen LogP contribution in [0.5, 0.6) is 5.75 Å². The van der Waals surface area contributed by atoms with Crippen molar-refractivity contribution in [2.45, 2.75) is 51.5 Å². The Morgan fingerprint density at radius 2 is 1.58 bits per heavy atom. The number of amides is 1. The first-order chi connectivity index (χ1) is 15.6. The lowest BCUT2D eigenvalue weighted by Crippen LogP contribution is -2.30. The summed E-state index contributed by atoms with van der Waals surface area (Å²) in [6.45, 7) is 9.56. The maximum atomic E-state index is 12.8. The van der Waals surface area contributed by atoms with Crippen LogP contribution in [0.1, 0.15) is 43.4 Å². The number of aryl methyl sites for hydroxylation is 2. The van der Waals surface area contributed by atoms with E-state index in [-0.39, 0.29) is 16.7 Å². The minimum atomic E-state index is -3.76. The fourth-order valence-corrected chi connectivity index (χ4v) is 4.44. The van der Waals surface area contributed by atoms with Gasteiger partial charge in [0.05, 0.1) is 10.6 Å². The van der Waals surface area contributed by atoms with E-state index in [0.717, 1.165) is 16.7 Å². The summed E-state index contributed by atoms with van der Waals surface area (Å²) in [6, 6.07) is 19.3. The molecular formula is C26H30N2O4S. The molecule has 3 aromatic carbocycles. The lowest BCUT2D eigenvalue weighted by molar-refractivity contribution is -0.122. The standard InChI is InChI=1S/C26H30N2O4S/c1-17(2)23-8-6-7-9-25(23)32-20(5)26(29)27-21-12-14-22(15-13-21)33(30,31)28-24-16-18(3)10-11-19(24)4/h6-17,20,28H,1-5H3,(H,27,29)/t20-/m1/s1. The maximum Gasteiger partial charge on any atom is 0.265 e. The van der Waals surface area contributed by atoms with Gasteiger partial charge in [0.2, 0.25) is 0 Å². The van der Waals surface area contributed by atoms with Gasteiger partial charge in [-0.15, -0.1) is 0 Å². The Morgan fingerprint density at radius 1 is 0.909 bits per heavy atom. The fourth-order valence-electron chi connectivity index (χ4n) is 3.32. The monoisotopic (exact) mass is 466 g/mol. The molecule has 2 N–H and O–H groups in total. The number of anilines is 2. The number of nitrogens with one attached hydrogen (secondary N) is 2. The number of sulfonamides is 1. The van der Waals surface area contributed by atoms with Crippen LogP contribution in [0.25, 0.3) is 0 Å².